The smallest absolute Gasteiger partial charge is 0.387 e. The van der Waals surface area contributed by atoms with Crippen molar-refractivity contribution >= 4 is 11.8 Å². The van der Waals surface area contributed by atoms with Crippen LogP contribution in [0.5, 0.6) is 0 Å². The van der Waals surface area contributed by atoms with E-state index in [1.165, 1.54) is 18.6 Å². The lowest BCUT2D eigenvalue weighted by atomic mass is 10.1. The Balaban J connectivity index is 1.85. The Morgan fingerprint density at radius 3 is 2.48 bits per heavy atom. The molecule has 1 fully saturated rings. The average Bonchev–Trinajstić information content (AvgIpc) is 2.92. The molecule has 2 nitrogen and oxygen atoms in total. The summed E-state index contributed by atoms with van der Waals surface area (Å²) in [4.78, 5) is 0. The number of halogens is 3. The Kier molecular flexibility index (Phi) is 5.57. The number of hydrogen-bond donors (Lipinski definition) is 2. The van der Waals surface area contributed by atoms with Crippen molar-refractivity contribution in [2.45, 2.75) is 42.8 Å². The molecule has 0 radical (unpaired) electrons. The molecule has 2 N–H and O–H groups in total. The van der Waals surface area contributed by atoms with E-state index in [1.54, 1.807) is 0 Å². The minimum absolute atomic E-state index is 0.372. The maximum Gasteiger partial charge on any atom is 0.416 e. The van der Waals surface area contributed by atoms with Crippen LogP contribution >= 0.6 is 11.8 Å². The molecule has 0 saturated heterocycles. The third kappa shape index (κ3) is 4.63. The highest BCUT2D eigenvalue weighted by Gasteiger charge is 2.30. The van der Waals surface area contributed by atoms with Crippen molar-refractivity contribution in [2.75, 3.05) is 12.8 Å². The number of nitrogens with one attached hydrogen (secondary N) is 1. The van der Waals surface area contributed by atoms with Crippen molar-refractivity contribution in [2.24, 2.45) is 0 Å². The van der Waals surface area contributed by atoms with Crippen LogP contribution in [-0.4, -0.2) is 29.2 Å². The second kappa shape index (κ2) is 7.03. The fourth-order valence-corrected chi connectivity index (χ4v) is 3.43. The molecule has 0 spiro atoms. The summed E-state index contributed by atoms with van der Waals surface area (Å²) in [7, 11) is 0. The van der Waals surface area contributed by atoms with E-state index >= 15 is 0 Å². The van der Waals surface area contributed by atoms with Crippen LogP contribution in [0, 0.1) is 0 Å². The van der Waals surface area contributed by atoms with Crippen molar-refractivity contribution in [3.05, 3.63) is 35.4 Å². The second-order valence-corrected chi connectivity index (χ2v) is 6.55. The van der Waals surface area contributed by atoms with E-state index in [4.69, 9.17) is 0 Å². The van der Waals surface area contributed by atoms with E-state index in [0.29, 0.717) is 23.4 Å². The summed E-state index contributed by atoms with van der Waals surface area (Å²) in [5.41, 5.74) is -0.181. The lowest BCUT2D eigenvalue weighted by Gasteiger charge is -2.17. The van der Waals surface area contributed by atoms with Gasteiger partial charge in [-0.05, 0) is 43.2 Å². The molecule has 1 aliphatic rings. The number of benzene rings is 1. The Morgan fingerprint density at radius 2 is 1.95 bits per heavy atom. The fraction of sp³-hybridized carbons (Fsp3) is 0.600. The molecule has 0 aliphatic heterocycles. The van der Waals surface area contributed by atoms with Crippen molar-refractivity contribution in [3.63, 3.8) is 0 Å². The molecule has 1 aromatic carbocycles. The Labute approximate surface area is 127 Å². The lowest BCUT2D eigenvalue weighted by Crippen LogP contribution is -2.31. The van der Waals surface area contributed by atoms with Crippen molar-refractivity contribution < 1.29 is 18.3 Å². The predicted octanol–water partition coefficient (Wildman–Crippen LogP) is 3.61. The Hall–Kier alpha value is -0.720. The van der Waals surface area contributed by atoms with Crippen LogP contribution in [-0.2, 0) is 6.18 Å². The normalized spacial score (nSPS) is 24.2. The highest BCUT2D eigenvalue weighted by molar-refractivity contribution is 7.99. The van der Waals surface area contributed by atoms with Gasteiger partial charge in [0.2, 0.25) is 0 Å². The van der Waals surface area contributed by atoms with Gasteiger partial charge in [-0.25, -0.2) is 0 Å². The lowest BCUT2D eigenvalue weighted by molar-refractivity contribution is -0.137. The zero-order chi connectivity index (χ0) is 15.5. The molecular formula is C15H20F3NOS. The summed E-state index contributed by atoms with van der Waals surface area (Å²) in [5.74, 6) is 0. The molecule has 0 bridgehead atoms. The van der Waals surface area contributed by atoms with E-state index in [1.807, 2.05) is 11.8 Å². The molecule has 1 aromatic rings. The molecule has 0 aromatic heterocycles. The number of alkyl halides is 3. The fourth-order valence-electron chi connectivity index (χ4n) is 2.63. The topological polar surface area (TPSA) is 32.3 Å². The van der Waals surface area contributed by atoms with Crippen LogP contribution in [0.25, 0.3) is 0 Å². The van der Waals surface area contributed by atoms with Gasteiger partial charge in [-0.3, -0.25) is 0 Å². The van der Waals surface area contributed by atoms with Crippen LogP contribution in [0.1, 0.15) is 36.5 Å². The zero-order valence-corrected chi connectivity index (χ0v) is 12.7. The minimum atomic E-state index is -4.33. The monoisotopic (exact) mass is 319 g/mol. The van der Waals surface area contributed by atoms with E-state index in [-0.39, 0.29) is 0 Å². The Bertz CT molecular complexity index is 449. The molecule has 21 heavy (non-hydrogen) atoms. The molecule has 1 saturated carbocycles. The minimum Gasteiger partial charge on any atom is -0.387 e. The van der Waals surface area contributed by atoms with Crippen molar-refractivity contribution in [1.29, 1.82) is 0 Å². The summed E-state index contributed by atoms with van der Waals surface area (Å²) in [6.45, 7) is 0.372. The molecule has 3 atom stereocenters. The number of hydrogen-bond acceptors (Lipinski definition) is 3. The molecule has 1 aliphatic carbocycles. The van der Waals surface area contributed by atoms with Gasteiger partial charge < -0.3 is 10.4 Å². The van der Waals surface area contributed by atoms with Gasteiger partial charge in [0.1, 0.15) is 0 Å². The molecular weight excluding hydrogens is 299 g/mol. The zero-order valence-electron chi connectivity index (χ0n) is 11.9. The quantitative estimate of drug-likeness (QED) is 0.869. The number of aliphatic hydroxyl groups excluding tert-OH is 1. The molecule has 3 unspecified atom stereocenters. The van der Waals surface area contributed by atoms with Gasteiger partial charge in [0.25, 0.3) is 0 Å². The van der Waals surface area contributed by atoms with E-state index in [2.05, 4.69) is 11.6 Å². The van der Waals surface area contributed by atoms with Gasteiger partial charge in [0.05, 0.1) is 11.7 Å². The van der Waals surface area contributed by atoms with Crippen LogP contribution in [0.2, 0.25) is 0 Å². The predicted molar refractivity (Wildman–Crippen MR) is 79.3 cm³/mol. The third-order valence-corrected chi connectivity index (χ3v) is 5.04. The summed E-state index contributed by atoms with van der Waals surface area (Å²) in [5, 5.41) is 14.0. The van der Waals surface area contributed by atoms with Gasteiger partial charge in [0, 0.05) is 17.8 Å². The van der Waals surface area contributed by atoms with Crippen LogP contribution in [0.15, 0.2) is 24.3 Å². The molecule has 0 amide bonds. The molecule has 118 valence electrons. The standard InChI is InChI=1S/C15H20F3NOS/c1-21-13-7-6-12(8-13)19-9-14(20)10-2-4-11(5-3-10)15(16,17)18/h2-5,12-14,19-20H,6-9H2,1H3. The molecule has 6 heteroatoms. The number of rotatable bonds is 5. The number of thioether (sulfide) groups is 1. The van der Waals surface area contributed by atoms with Crippen molar-refractivity contribution in [1.82, 2.24) is 5.32 Å². The SMILES string of the molecule is CSC1CCC(NCC(O)c2ccc(C(F)(F)F)cc2)C1. The first-order valence-corrected chi connectivity index (χ1v) is 8.30. The third-order valence-electron chi connectivity index (χ3n) is 3.94. The van der Waals surface area contributed by atoms with Crippen LogP contribution < -0.4 is 5.32 Å². The summed E-state index contributed by atoms with van der Waals surface area (Å²) in [6, 6.07) is 5.10. The summed E-state index contributed by atoms with van der Waals surface area (Å²) < 4.78 is 37.4. The summed E-state index contributed by atoms with van der Waals surface area (Å²) in [6.07, 6.45) is 0.338. The van der Waals surface area contributed by atoms with Crippen LogP contribution in [0.3, 0.4) is 0 Å². The van der Waals surface area contributed by atoms with E-state index < -0.39 is 17.8 Å². The largest absolute Gasteiger partial charge is 0.416 e. The summed E-state index contributed by atoms with van der Waals surface area (Å²) >= 11 is 1.86. The highest BCUT2D eigenvalue weighted by Crippen LogP contribution is 2.30. The van der Waals surface area contributed by atoms with E-state index in [0.717, 1.165) is 25.0 Å². The Morgan fingerprint density at radius 1 is 1.29 bits per heavy atom. The average molecular weight is 319 g/mol. The maximum atomic E-state index is 12.5. The first-order valence-electron chi connectivity index (χ1n) is 7.01. The first kappa shape index (κ1) is 16.6. The second-order valence-electron chi connectivity index (χ2n) is 5.41. The first-order chi connectivity index (χ1) is 9.90. The van der Waals surface area contributed by atoms with E-state index in [9.17, 15) is 18.3 Å². The highest BCUT2D eigenvalue weighted by atomic mass is 32.2. The van der Waals surface area contributed by atoms with Gasteiger partial charge in [-0.1, -0.05) is 12.1 Å². The van der Waals surface area contributed by atoms with Gasteiger partial charge >= 0.3 is 6.18 Å². The van der Waals surface area contributed by atoms with Gasteiger partial charge in [-0.2, -0.15) is 24.9 Å². The number of aliphatic hydroxyl groups is 1. The maximum absolute atomic E-state index is 12.5. The van der Waals surface area contributed by atoms with Crippen molar-refractivity contribution in [3.8, 4) is 0 Å². The van der Waals surface area contributed by atoms with Crippen LogP contribution in [0.4, 0.5) is 13.2 Å². The molecule has 0 heterocycles. The van der Waals surface area contributed by atoms with Gasteiger partial charge in [-0.15, -0.1) is 0 Å². The van der Waals surface area contributed by atoms with Gasteiger partial charge in [0.15, 0.2) is 0 Å². The molecule has 2 rings (SSSR count).